The van der Waals surface area contributed by atoms with E-state index in [0.717, 1.165) is 38.7 Å². The van der Waals surface area contributed by atoms with Crippen molar-refractivity contribution < 1.29 is 52.0 Å². The van der Waals surface area contributed by atoms with E-state index in [4.69, 9.17) is 23.4 Å². The van der Waals surface area contributed by atoms with E-state index in [1.54, 1.807) is 19.1 Å². The fourth-order valence-corrected chi connectivity index (χ4v) is 4.43. The van der Waals surface area contributed by atoms with Gasteiger partial charge < -0.3 is 37.6 Å². The Hall–Kier alpha value is -3.61. The minimum absolute atomic E-state index is 0.0875. The van der Waals surface area contributed by atoms with E-state index in [1.165, 1.54) is 12.1 Å². The maximum absolute atomic E-state index is 12.0. The molecule has 1 fully saturated rings. The molecule has 2 aromatic rings. The molecule has 0 bridgehead atoms. The molecular weight excluding hydrogens is 476 g/mol. The van der Waals surface area contributed by atoms with Crippen LogP contribution in [0.1, 0.15) is 5.56 Å². The summed E-state index contributed by atoms with van der Waals surface area (Å²) in [6.45, 7) is 1.77. The normalized spacial score (nSPS) is 21.8. The molecular formula is C21H22O12S. The summed E-state index contributed by atoms with van der Waals surface area (Å²) in [5.74, 6) is 0.367. The van der Waals surface area contributed by atoms with E-state index in [0.29, 0.717) is 11.0 Å². The molecule has 4 atom stereocenters. The number of rotatable bonds is 5. The van der Waals surface area contributed by atoms with Gasteiger partial charge in [0.25, 0.3) is 0 Å². The van der Waals surface area contributed by atoms with E-state index in [1.807, 2.05) is 0 Å². The lowest BCUT2D eigenvalue weighted by Gasteiger charge is -2.39. The van der Waals surface area contributed by atoms with Crippen LogP contribution in [0.4, 0.5) is 14.4 Å². The van der Waals surface area contributed by atoms with Crippen molar-refractivity contribution in [2.45, 2.75) is 30.7 Å². The minimum Gasteiger partial charge on any atom is -0.476 e. The third-order valence-corrected chi connectivity index (χ3v) is 5.98. The summed E-state index contributed by atoms with van der Waals surface area (Å²) in [4.78, 5) is 47.3. The first-order valence-corrected chi connectivity index (χ1v) is 10.9. The van der Waals surface area contributed by atoms with Crippen LogP contribution in [-0.2, 0) is 28.4 Å². The summed E-state index contributed by atoms with van der Waals surface area (Å²) in [6.07, 6.45) is -6.90. The first-order valence-electron chi connectivity index (χ1n) is 9.82. The lowest BCUT2D eigenvalue weighted by Crippen LogP contribution is -2.56. The van der Waals surface area contributed by atoms with Crippen LogP contribution in [0.15, 0.2) is 33.5 Å². The average Bonchev–Trinajstić information content (AvgIpc) is 2.81. The number of benzene rings is 1. The van der Waals surface area contributed by atoms with E-state index in [9.17, 15) is 19.2 Å². The fourth-order valence-electron chi connectivity index (χ4n) is 3.22. The topological polar surface area (TPSA) is 146 Å². The molecule has 0 N–H and O–H groups in total. The van der Waals surface area contributed by atoms with Crippen LogP contribution in [0, 0.1) is 6.92 Å². The Bertz CT molecular complexity index is 1110. The zero-order valence-corrected chi connectivity index (χ0v) is 19.4. The Kier molecular flexibility index (Phi) is 8.10. The van der Waals surface area contributed by atoms with Crippen molar-refractivity contribution in [1.29, 1.82) is 0 Å². The highest BCUT2D eigenvalue weighted by Crippen LogP contribution is 2.35. The second-order valence-corrected chi connectivity index (χ2v) is 8.04. The Labute approximate surface area is 197 Å². The Morgan fingerprint density at radius 1 is 0.912 bits per heavy atom. The molecule has 0 spiro atoms. The molecule has 12 nitrogen and oxygen atoms in total. The molecule has 1 aliphatic heterocycles. The standard InChI is InChI=1S/C21H22O12S/c1-10-7-15(22)30-13-8-11(5-6-12(10)13)29-18-17(33-21(25)28-4)16(32-20(24)27-3)14(9-34-18)31-19(23)26-2/h5-8,14,16-18H,9H2,1-4H3/t14-,16+,17-,18-/m1/s1. The SMILES string of the molecule is COC(=O)O[C@@H]1[C@@H](OC(=O)OC)[C@H](OC(=O)OC)CS[C@H]1Oc1ccc2c(C)cc(=O)oc2c1. The second kappa shape index (κ2) is 11.0. The molecule has 1 aromatic heterocycles. The zero-order valence-electron chi connectivity index (χ0n) is 18.6. The van der Waals surface area contributed by atoms with Gasteiger partial charge in [-0.3, -0.25) is 0 Å². The van der Waals surface area contributed by atoms with Gasteiger partial charge in [0.2, 0.25) is 0 Å². The van der Waals surface area contributed by atoms with Gasteiger partial charge in [-0.15, -0.1) is 11.8 Å². The van der Waals surface area contributed by atoms with Crippen LogP contribution < -0.4 is 10.4 Å². The highest BCUT2D eigenvalue weighted by molar-refractivity contribution is 7.99. The predicted octanol–water partition coefficient (Wildman–Crippen LogP) is 3.01. The highest BCUT2D eigenvalue weighted by Gasteiger charge is 2.49. The van der Waals surface area contributed by atoms with Gasteiger partial charge in [0.1, 0.15) is 11.3 Å². The van der Waals surface area contributed by atoms with Crippen molar-refractivity contribution in [2.24, 2.45) is 0 Å². The Morgan fingerprint density at radius 3 is 2.18 bits per heavy atom. The lowest BCUT2D eigenvalue weighted by atomic mass is 10.1. The molecule has 184 valence electrons. The number of carbonyl (C=O) groups is 3. The minimum atomic E-state index is -1.32. The zero-order chi connectivity index (χ0) is 24.8. The summed E-state index contributed by atoms with van der Waals surface area (Å²) >= 11 is 1.12. The van der Waals surface area contributed by atoms with Crippen LogP contribution in [0.3, 0.4) is 0 Å². The highest BCUT2D eigenvalue weighted by atomic mass is 32.2. The van der Waals surface area contributed by atoms with Crippen LogP contribution in [0.25, 0.3) is 11.0 Å². The van der Waals surface area contributed by atoms with E-state index >= 15 is 0 Å². The quantitative estimate of drug-likeness (QED) is 0.338. The van der Waals surface area contributed by atoms with E-state index in [-0.39, 0.29) is 11.5 Å². The summed E-state index contributed by atoms with van der Waals surface area (Å²) in [5, 5.41) is 0.712. The smallest absolute Gasteiger partial charge is 0.476 e. The first kappa shape index (κ1) is 25.0. The van der Waals surface area contributed by atoms with Gasteiger partial charge in [-0.25, -0.2) is 19.2 Å². The molecule has 1 saturated heterocycles. The van der Waals surface area contributed by atoms with Gasteiger partial charge in [-0.05, 0) is 24.6 Å². The van der Waals surface area contributed by atoms with Gasteiger partial charge in [0.15, 0.2) is 23.7 Å². The van der Waals surface area contributed by atoms with E-state index in [2.05, 4.69) is 14.2 Å². The molecule has 1 aromatic carbocycles. The van der Waals surface area contributed by atoms with Gasteiger partial charge in [0.05, 0.1) is 21.3 Å². The Morgan fingerprint density at radius 2 is 1.53 bits per heavy atom. The number of hydrogen-bond acceptors (Lipinski definition) is 13. The van der Waals surface area contributed by atoms with Crippen molar-refractivity contribution in [3.8, 4) is 5.75 Å². The van der Waals surface area contributed by atoms with Crippen molar-refractivity contribution in [3.63, 3.8) is 0 Å². The molecule has 34 heavy (non-hydrogen) atoms. The molecule has 2 heterocycles. The summed E-state index contributed by atoms with van der Waals surface area (Å²) in [6, 6.07) is 6.22. The number of methoxy groups -OCH3 is 3. The molecule has 0 saturated carbocycles. The van der Waals surface area contributed by atoms with Crippen LogP contribution in [-0.4, -0.2) is 69.3 Å². The molecule has 0 amide bonds. The second-order valence-electron chi connectivity index (χ2n) is 6.91. The largest absolute Gasteiger partial charge is 0.508 e. The van der Waals surface area contributed by atoms with Crippen LogP contribution >= 0.6 is 11.8 Å². The number of thioether (sulfide) groups is 1. The molecule has 13 heteroatoms. The summed E-state index contributed by atoms with van der Waals surface area (Å²) in [5.41, 5.74) is -0.440. The van der Waals surface area contributed by atoms with Crippen molar-refractivity contribution in [3.05, 3.63) is 40.2 Å². The van der Waals surface area contributed by atoms with Crippen molar-refractivity contribution in [2.75, 3.05) is 27.1 Å². The maximum atomic E-state index is 12.0. The van der Waals surface area contributed by atoms with Gasteiger partial charge in [-0.1, -0.05) is 0 Å². The molecule has 0 radical (unpaired) electrons. The number of carbonyl (C=O) groups excluding carboxylic acids is 3. The monoisotopic (exact) mass is 498 g/mol. The van der Waals surface area contributed by atoms with Gasteiger partial charge in [0, 0.05) is 23.3 Å². The average molecular weight is 498 g/mol. The van der Waals surface area contributed by atoms with Gasteiger partial charge >= 0.3 is 24.1 Å². The number of fused-ring (bicyclic) bond motifs is 1. The third kappa shape index (κ3) is 5.84. The summed E-state index contributed by atoms with van der Waals surface area (Å²) < 4.78 is 40.6. The van der Waals surface area contributed by atoms with Crippen LogP contribution in [0.5, 0.6) is 5.75 Å². The lowest BCUT2D eigenvalue weighted by molar-refractivity contribution is -0.116. The first-order chi connectivity index (χ1) is 16.2. The number of ether oxygens (including phenoxy) is 7. The summed E-state index contributed by atoms with van der Waals surface area (Å²) in [7, 11) is 3.30. The fraction of sp³-hybridized carbons (Fsp3) is 0.429. The molecule has 0 unspecified atom stereocenters. The number of aryl methyl sites for hydroxylation is 1. The van der Waals surface area contributed by atoms with Crippen LogP contribution in [0.2, 0.25) is 0 Å². The van der Waals surface area contributed by atoms with Gasteiger partial charge in [-0.2, -0.15) is 0 Å². The molecule has 1 aliphatic rings. The maximum Gasteiger partial charge on any atom is 0.508 e. The predicted molar refractivity (Wildman–Crippen MR) is 116 cm³/mol. The number of hydrogen-bond donors (Lipinski definition) is 0. The third-order valence-electron chi connectivity index (χ3n) is 4.77. The van der Waals surface area contributed by atoms with Crippen molar-refractivity contribution in [1.82, 2.24) is 0 Å². The van der Waals surface area contributed by atoms with Crippen molar-refractivity contribution >= 4 is 41.2 Å². The van der Waals surface area contributed by atoms with E-state index < -0.39 is 47.8 Å². The molecule has 0 aliphatic carbocycles. The molecule has 3 rings (SSSR count). The Balaban J connectivity index is 1.93.